The Kier molecular flexibility index (Phi) is 4.97. The third kappa shape index (κ3) is 4.03. The van der Waals surface area contributed by atoms with E-state index >= 15 is 0 Å². The predicted molar refractivity (Wildman–Crippen MR) is 77.1 cm³/mol. The third-order valence-electron chi connectivity index (χ3n) is 3.04. The average Bonchev–Trinajstić information content (AvgIpc) is 2.45. The summed E-state index contributed by atoms with van der Waals surface area (Å²) < 4.78 is 39.8. The Labute approximate surface area is 128 Å². The number of nitrogens with zero attached hydrogens (tertiary/aromatic N) is 1. The highest BCUT2D eigenvalue weighted by Crippen LogP contribution is 2.36. The standard InChI is InChI=1S/C14H13BrF3N3/c15-9-4-5-11(12(7-9)14(16,17)18)13(21-19)8-10-3-1-2-6-20-10/h1-7,13,21H,8,19H2. The molecule has 0 aliphatic rings. The monoisotopic (exact) mass is 359 g/mol. The lowest BCUT2D eigenvalue weighted by Gasteiger charge is -2.21. The molecule has 2 aromatic rings. The fourth-order valence-corrected chi connectivity index (χ4v) is 2.43. The maximum absolute atomic E-state index is 13.2. The van der Waals surface area contributed by atoms with Gasteiger partial charge in [-0.3, -0.25) is 16.3 Å². The molecule has 1 heterocycles. The number of hydrazine groups is 1. The van der Waals surface area contributed by atoms with E-state index in [0.717, 1.165) is 6.07 Å². The molecule has 3 N–H and O–H groups in total. The van der Waals surface area contributed by atoms with Crippen molar-refractivity contribution in [3.63, 3.8) is 0 Å². The summed E-state index contributed by atoms with van der Waals surface area (Å²) in [7, 11) is 0. The van der Waals surface area contributed by atoms with Crippen molar-refractivity contribution in [1.82, 2.24) is 10.4 Å². The Hall–Kier alpha value is -1.44. The summed E-state index contributed by atoms with van der Waals surface area (Å²) >= 11 is 3.06. The van der Waals surface area contributed by atoms with E-state index in [1.807, 2.05) is 0 Å². The van der Waals surface area contributed by atoms with Crippen LogP contribution >= 0.6 is 15.9 Å². The molecule has 0 fully saturated rings. The van der Waals surface area contributed by atoms with Crippen LogP contribution in [0.4, 0.5) is 13.2 Å². The molecule has 0 bridgehead atoms. The van der Waals surface area contributed by atoms with E-state index in [-0.39, 0.29) is 12.0 Å². The van der Waals surface area contributed by atoms with Gasteiger partial charge in [0.1, 0.15) is 0 Å². The lowest BCUT2D eigenvalue weighted by Crippen LogP contribution is -2.31. The van der Waals surface area contributed by atoms with Crippen molar-refractivity contribution in [3.05, 3.63) is 63.9 Å². The van der Waals surface area contributed by atoms with Crippen molar-refractivity contribution < 1.29 is 13.2 Å². The minimum atomic E-state index is -4.45. The van der Waals surface area contributed by atoms with Gasteiger partial charge < -0.3 is 0 Å². The van der Waals surface area contributed by atoms with Crippen LogP contribution in [0, 0.1) is 0 Å². The number of alkyl halides is 3. The number of nitrogens with one attached hydrogen (secondary N) is 1. The van der Waals surface area contributed by atoms with Crippen molar-refractivity contribution >= 4 is 15.9 Å². The molecule has 1 atom stereocenters. The third-order valence-corrected chi connectivity index (χ3v) is 3.53. The predicted octanol–water partition coefficient (Wildman–Crippen LogP) is 3.61. The van der Waals surface area contributed by atoms with E-state index in [4.69, 9.17) is 5.84 Å². The summed E-state index contributed by atoms with van der Waals surface area (Å²) in [5.74, 6) is 5.45. The van der Waals surface area contributed by atoms with Gasteiger partial charge in [0, 0.05) is 22.8 Å². The second kappa shape index (κ2) is 6.55. The Bertz CT molecular complexity index is 602. The van der Waals surface area contributed by atoms with Gasteiger partial charge in [-0.15, -0.1) is 0 Å². The maximum Gasteiger partial charge on any atom is 0.416 e. The zero-order valence-corrected chi connectivity index (χ0v) is 12.4. The van der Waals surface area contributed by atoms with Crippen molar-refractivity contribution in [1.29, 1.82) is 0 Å². The van der Waals surface area contributed by atoms with Crippen molar-refractivity contribution in [2.24, 2.45) is 5.84 Å². The van der Waals surface area contributed by atoms with Gasteiger partial charge in [-0.2, -0.15) is 13.2 Å². The van der Waals surface area contributed by atoms with Crippen LogP contribution in [-0.4, -0.2) is 4.98 Å². The fraction of sp³-hybridized carbons (Fsp3) is 0.214. The topological polar surface area (TPSA) is 50.9 Å². The molecular formula is C14H13BrF3N3. The molecule has 21 heavy (non-hydrogen) atoms. The minimum Gasteiger partial charge on any atom is -0.271 e. The second-order valence-electron chi connectivity index (χ2n) is 4.47. The van der Waals surface area contributed by atoms with Crippen LogP contribution in [0.1, 0.15) is 22.9 Å². The highest BCUT2D eigenvalue weighted by molar-refractivity contribution is 9.10. The van der Waals surface area contributed by atoms with E-state index in [1.165, 1.54) is 6.07 Å². The first-order valence-electron chi connectivity index (χ1n) is 6.14. The molecule has 7 heteroatoms. The molecule has 1 unspecified atom stereocenters. The second-order valence-corrected chi connectivity index (χ2v) is 5.39. The Morgan fingerprint density at radius 2 is 2.00 bits per heavy atom. The number of hydrogen-bond acceptors (Lipinski definition) is 3. The molecule has 112 valence electrons. The van der Waals surface area contributed by atoms with Crippen LogP contribution in [0.5, 0.6) is 0 Å². The molecule has 0 saturated heterocycles. The van der Waals surface area contributed by atoms with E-state index in [2.05, 4.69) is 26.3 Å². The molecule has 0 aliphatic carbocycles. The highest BCUT2D eigenvalue weighted by Gasteiger charge is 2.35. The lowest BCUT2D eigenvalue weighted by molar-refractivity contribution is -0.138. The molecule has 0 aliphatic heterocycles. The maximum atomic E-state index is 13.2. The van der Waals surface area contributed by atoms with Crippen molar-refractivity contribution in [3.8, 4) is 0 Å². The zero-order chi connectivity index (χ0) is 15.5. The van der Waals surface area contributed by atoms with E-state index in [9.17, 15) is 13.2 Å². The van der Waals surface area contributed by atoms with Crippen LogP contribution in [0.15, 0.2) is 47.1 Å². The molecule has 3 nitrogen and oxygen atoms in total. The van der Waals surface area contributed by atoms with E-state index in [1.54, 1.807) is 30.5 Å². The van der Waals surface area contributed by atoms with E-state index < -0.39 is 17.8 Å². The smallest absolute Gasteiger partial charge is 0.271 e. The number of rotatable bonds is 4. The van der Waals surface area contributed by atoms with Gasteiger partial charge in [-0.1, -0.05) is 28.1 Å². The summed E-state index contributed by atoms with van der Waals surface area (Å²) in [4.78, 5) is 4.12. The number of halogens is 4. The van der Waals surface area contributed by atoms with Gasteiger partial charge in [-0.05, 0) is 29.8 Å². The normalized spacial score (nSPS) is 13.2. The van der Waals surface area contributed by atoms with Crippen molar-refractivity contribution in [2.45, 2.75) is 18.6 Å². The molecule has 0 radical (unpaired) electrons. The highest BCUT2D eigenvalue weighted by atomic mass is 79.9. The van der Waals surface area contributed by atoms with Gasteiger partial charge in [0.2, 0.25) is 0 Å². The molecule has 1 aromatic heterocycles. The van der Waals surface area contributed by atoms with Gasteiger partial charge in [0.15, 0.2) is 0 Å². The van der Waals surface area contributed by atoms with E-state index in [0.29, 0.717) is 10.2 Å². The summed E-state index contributed by atoms with van der Waals surface area (Å²) in [6.07, 6.45) is -2.59. The number of hydrogen-bond donors (Lipinski definition) is 2. The zero-order valence-electron chi connectivity index (χ0n) is 10.9. The molecule has 2 rings (SSSR count). The van der Waals surface area contributed by atoms with Gasteiger partial charge in [0.25, 0.3) is 0 Å². The minimum absolute atomic E-state index is 0.0962. The van der Waals surface area contributed by atoms with Gasteiger partial charge in [0.05, 0.1) is 11.6 Å². The Balaban J connectivity index is 2.38. The first-order valence-corrected chi connectivity index (χ1v) is 6.94. The Morgan fingerprint density at radius 1 is 1.24 bits per heavy atom. The quantitative estimate of drug-likeness (QED) is 0.647. The first kappa shape index (κ1) is 15.9. The largest absolute Gasteiger partial charge is 0.416 e. The number of aromatic nitrogens is 1. The molecule has 0 saturated carbocycles. The van der Waals surface area contributed by atoms with Crippen LogP contribution in [0.25, 0.3) is 0 Å². The van der Waals surface area contributed by atoms with Crippen LogP contribution < -0.4 is 11.3 Å². The number of nitrogens with two attached hydrogens (primary N) is 1. The molecule has 0 amide bonds. The summed E-state index contributed by atoms with van der Waals surface area (Å²) in [5.41, 5.74) is 2.49. The lowest BCUT2D eigenvalue weighted by atomic mass is 9.96. The molecule has 1 aromatic carbocycles. The van der Waals surface area contributed by atoms with Crippen molar-refractivity contribution in [2.75, 3.05) is 0 Å². The number of pyridine rings is 1. The summed E-state index contributed by atoms with van der Waals surface area (Å²) in [5, 5.41) is 0. The molecule has 0 spiro atoms. The van der Waals surface area contributed by atoms with Gasteiger partial charge in [-0.25, -0.2) is 0 Å². The fourth-order valence-electron chi connectivity index (χ4n) is 2.06. The van der Waals surface area contributed by atoms with Crippen LogP contribution in [0.2, 0.25) is 0 Å². The average molecular weight is 360 g/mol. The first-order chi connectivity index (χ1) is 9.91. The molecular weight excluding hydrogens is 347 g/mol. The summed E-state index contributed by atoms with van der Waals surface area (Å²) in [6.45, 7) is 0. The Morgan fingerprint density at radius 3 is 2.57 bits per heavy atom. The summed E-state index contributed by atoms with van der Waals surface area (Å²) in [6, 6.07) is 8.63. The van der Waals surface area contributed by atoms with Crippen LogP contribution in [-0.2, 0) is 12.6 Å². The SMILES string of the molecule is NNC(Cc1ccccn1)c1ccc(Br)cc1C(F)(F)F. The number of benzene rings is 1. The van der Waals surface area contributed by atoms with Gasteiger partial charge >= 0.3 is 6.18 Å². The van der Waals surface area contributed by atoms with Crippen LogP contribution in [0.3, 0.4) is 0 Å².